The Kier molecular flexibility index (Phi) is 67.4. The van der Waals surface area contributed by atoms with Crippen LogP contribution in [0.15, 0.2) is 0 Å². The van der Waals surface area contributed by atoms with Crippen molar-refractivity contribution in [2.45, 2.75) is 0 Å². The summed E-state index contributed by atoms with van der Waals surface area (Å²) in [7, 11) is 0. The number of hydrogen-bond donors (Lipinski definition) is 6. The summed E-state index contributed by atoms with van der Waals surface area (Å²) in [5.74, 6) is 0. The van der Waals surface area contributed by atoms with E-state index in [2.05, 4.69) is 0 Å². The van der Waals surface area contributed by atoms with Gasteiger partial charge in [0.25, 0.3) is 0 Å². The second kappa shape index (κ2) is 32.3. The molecule has 0 aliphatic carbocycles. The van der Waals surface area contributed by atoms with Gasteiger partial charge in [0.2, 0.25) is 0 Å². The normalized spacial score (nSPS) is 5.67. The maximum absolute atomic E-state index is 8.84. The molecule has 0 rings (SSSR count). The summed E-state index contributed by atoms with van der Waals surface area (Å²) in [6.07, 6.45) is 0. The third-order valence-corrected chi connectivity index (χ3v) is 0. The van der Waals surface area contributed by atoms with E-state index >= 15 is 0 Å². The minimum atomic E-state index is -3.95. The van der Waals surface area contributed by atoms with Crippen LogP contribution in [0, 0.1) is 0 Å². The van der Waals surface area contributed by atoms with Crippen LogP contribution in [0.3, 0.4) is 0 Å². The molecule has 0 spiro atoms. The Balaban J connectivity index is -0.0000000150. The van der Waals surface area contributed by atoms with Gasteiger partial charge >= 0.3 is 169 Å². The van der Waals surface area contributed by atoms with E-state index in [1.165, 1.54) is 0 Å². The molecule has 6 N–H and O–H groups in total. The van der Waals surface area contributed by atoms with Crippen LogP contribution in [0.25, 0.3) is 0 Å². The number of hydrogen-bond acceptors (Lipinski definition) is 6. The van der Waals surface area contributed by atoms with Gasteiger partial charge in [-0.2, -0.15) is 0 Å². The van der Waals surface area contributed by atoms with Gasteiger partial charge in [-0.3, -0.25) is 0 Å². The molecule has 0 atom stereocenters. The summed E-state index contributed by atoms with van der Waals surface area (Å²) in [5, 5.41) is 0. The first-order valence-electron chi connectivity index (χ1n) is 2.43. The molecule has 106 valence electrons. The molecule has 0 saturated carbocycles. The van der Waals surface area contributed by atoms with Crippen LogP contribution < -0.4 is 0 Å². The summed E-state index contributed by atoms with van der Waals surface area (Å²) in [6.45, 7) is 0. The molecule has 0 saturated heterocycles. The molecule has 18 heteroatoms. The summed E-state index contributed by atoms with van der Waals surface area (Å²) in [5.41, 5.74) is 0. The first-order chi connectivity index (χ1) is 6.93. The van der Waals surface area contributed by atoms with Crippen molar-refractivity contribution in [3.05, 3.63) is 0 Å². The zero-order valence-electron chi connectivity index (χ0n) is 10.4. The summed E-state index contributed by atoms with van der Waals surface area (Å²) >= 11 is -15.3. The molecule has 0 unspecified atom stereocenters. The van der Waals surface area contributed by atoms with Crippen LogP contribution in [-0.2, 0) is 98.0 Å². The van der Waals surface area contributed by atoms with Gasteiger partial charge in [-0.15, -0.1) is 0 Å². The van der Waals surface area contributed by atoms with Crippen LogP contribution >= 0.6 is 0 Å². The van der Waals surface area contributed by atoms with E-state index in [9.17, 15) is 0 Å². The van der Waals surface area contributed by atoms with Gasteiger partial charge in [0, 0.05) is 0 Å². The average molecular weight is 758 g/mol. The Labute approximate surface area is 169 Å². The van der Waals surface area contributed by atoms with Gasteiger partial charge < -0.3 is 2.85 Å². The fourth-order valence-electron chi connectivity index (χ4n) is 0. The van der Waals surface area contributed by atoms with Gasteiger partial charge in [-0.1, -0.05) is 0 Å². The first-order valence-corrected chi connectivity index (χ1v) is 13.2. The molecule has 0 fully saturated rings. The molecular formula is H10MgNb2O12PbTiZr. The fourth-order valence-corrected chi connectivity index (χ4v) is 0. The van der Waals surface area contributed by atoms with Crippen molar-refractivity contribution in [2.75, 3.05) is 0 Å². The minimum absolute atomic E-state index is 0. The predicted molar refractivity (Wildman–Crippen MR) is 34.0 cm³/mol. The standard InChI is InChI=1S/Mg.2Nb.6H2O.6O.Pb.Ti.Zr.4H/h;;;6*1H2;;;;;;;;;;;;;/q+2;2*+1;;;;;;;;;;;;;;2*+2;;;2*-1/p-6. The van der Waals surface area contributed by atoms with Crippen molar-refractivity contribution in [1.29, 1.82) is 0 Å². The second-order valence-electron chi connectivity index (χ2n) is 1.04. The summed E-state index contributed by atoms with van der Waals surface area (Å²) in [6, 6.07) is 0. The van der Waals surface area contributed by atoms with Crippen LogP contribution in [0.1, 0.15) is 2.85 Å². The Hall–Kier alpha value is 3.33. The molecule has 0 aromatic carbocycles. The summed E-state index contributed by atoms with van der Waals surface area (Å²) in [4.78, 5) is 0. The monoisotopic (exact) mass is 758 g/mol. The topological polar surface area (TPSA) is 224 Å². The van der Waals surface area contributed by atoms with E-state index in [0.29, 0.717) is 0 Å². The predicted octanol–water partition coefficient (Wildman–Crippen LogP) is -5.14. The van der Waals surface area contributed by atoms with Crippen LogP contribution in [-0.4, -0.2) is 71.3 Å². The van der Waals surface area contributed by atoms with Gasteiger partial charge in [0.05, 0.1) is 0 Å². The Bertz CT molecular complexity index is 275. The van der Waals surface area contributed by atoms with E-state index < -0.39 is 78.8 Å². The van der Waals surface area contributed by atoms with Crippen LogP contribution in [0.2, 0.25) is 0 Å². The zero-order chi connectivity index (χ0) is 14.3. The zero-order valence-corrected chi connectivity index (χ0v) is 23.8. The molecule has 18 heavy (non-hydrogen) atoms. The van der Waals surface area contributed by atoms with E-state index in [1.807, 2.05) is 0 Å². The van der Waals surface area contributed by atoms with E-state index in [1.54, 1.807) is 0 Å². The molecule has 12 nitrogen and oxygen atoms in total. The van der Waals surface area contributed by atoms with E-state index in [4.69, 9.17) is 40.1 Å². The van der Waals surface area contributed by atoms with E-state index in [-0.39, 0.29) is 53.2 Å². The molecule has 0 aliphatic rings. The number of rotatable bonds is 0. The van der Waals surface area contributed by atoms with Crippen molar-refractivity contribution < 1.29 is 122 Å². The molecule has 0 bridgehead atoms. The Morgan fingerprint density at radius 2 is 0.944 bits per heavy atom. The van der Waals surface area contributed by atoms with Crippen molar-refractivity contribution >= 4 is 50.4 Å². The SMILES string of the molecule is [H-].[H-].[Mg+2].[O]=[Nb](=[O])[OH].[O]=[Nb](=[O])[OH].[O]=[Ti]([OH])[OH].[O]=[Zr]([OH])[OH].[PbH2]. The molecule has 0 aromatic heterocycles. The molecule has 0 aliphatic heterocycles. The third-order valence-electron chi connectivity index (χ3n) is 0. The molecule has 0 amide bonds. The molecule has 2 radical (unpaired) electrons. The van der Waals surface area contributed by atoms with Crippen molar-refractivity contribution in [2.24, 2.45) is 0 Å². The van der Waals surface area contributed by atoms with Crippen LogP contribution in [0.4, 0.5) is 0 Å². The van der Waals surface area contributed by atoms with Crippen molar-refractivity contribution in [3.8, 4) is 0 Å². The van der Waals surface area contributed by atoms with Gasteiger partial charge in [0.15, 0.2) is 0 Å². The second-order valence-corrected chi connectivity index (χ2v) is 5.65. The molecule has 0 aromatic rings. The Morgan fingerprint density at radius 3 is 0.944 bits per heavy atom. The fraction of sp³-hybridized carbons (Fsp3) is 0. The van der Waals surface area contributed by atoms with Crippen LogP contribution in [0.5, 0.6) is 0 Å². The van der Waals surface area contributed by atoms with E-state index in [0.717, 1.165) is 0 Å². The molecule has 0 heterocycles. The van der Waals surface area contributed by atoms with Crippen molar-refractivity contribution in [1.82, 2.24) is 0 Å². The summed E-state index contributed by atoms with van der Waals surface area (Å²) < 4.78 is 95.7. The average Bonchev–Trinajstić information content (AvgIpc) is 1.76. The first kappa shape index (κ1) is 37.5. The maximum atomic E-state index is 8.84. The van der Waals surface area contributed by atoms with Gasteiger partial charge in [0.1, 0.15) is 0 Å². The third kappa shape index (κ3) is 587. The molecular weight excluding hydrogens is 748 g/mol. The van der Waals surface area contributed by atoms with Gasteiger partial charge in [-0.05, 0) is 0 Å². The van der Waals surface area contributed by atoms with Crippen molar-refractivity contribution in [3.63, 3.8) is 0 Å². The quantitative estimate of drug-likeness (QED) is 0.128. The van der Waals surface area contributed by atoms with Gasteiger partial charge in [-0.25, -0.2) is 0 Å². The Morgan fingerprint density at radius 1 is 0.944 bits per heavy atom.